The molecule has 0 amide bonds. The lowest BCUT2D eigenvalue weighted by Gasteiger charge is -2.21. The van der Waals surface area contributed by atoms with Crippen LogP contribution < -0.4 is 11.3 Å². The van der Waals surface area contributed by atoms with Gasteiger partial charge < -0.3 is 10.7 Å². The number of hydrogen-bond acceptors (Lipinski definition) is 3. The summed E-state index contributed by atoms with van der Waals surface area (Å²) in [6, 6.07) is 7.88. The molecule has 0 unspecified atom stereocenters. The minimum absolute atomic E-state index is 0.198. The molecule has 0 spiro atoms. The first-order valence-corrected chi connectivity index (χ1v) is 6.09. The predicted molar refractivity (Wildman–Crippen MR) is 71.9 cm³/mol. The van der Waals surface area contributed by atoms with Crippen molar-refractivity contribution >= 4 is 5.65 Å². The number of nitrogens with one attached hydrogen (secondary N) is 1. The molecule has 0 aliphatic heterocycles. The van der Waals surface area contributed by atoms with Gasteiger partial charge in [0, 0.05) is 18.0 Å². The molecule has 0 saturated carbocycles. The Morgan fingerprint density at radius 2 is 2.16 bits per heavy atom. The van der Waals surface area contributed by atoms with Crippen LogP contribution in [-0.2, 0) is 5.54 Å². The highest BCUT2D eigenvalue weighted by molar-refractivity contribution is 5.77. The molecule has 4 rings (SSSR count). The van der Waals surface area contributed by atoms with Crippen molar-refractivity contribution in [2.75, 3.05) is 0 Å². The molecule has 2 heterocycles. The van der Waals surface area contributed by atoms with Gasteiger partial charge in [-0.3, -0.25) is 9.20 Å². The topological polar surface area (TPSA) is 76.2 Å². The predicted octanol–water partition coefficient (Wildman–Crippen LogP) is 1.23. The summed E-state index contributed by atoms with van der Waals surface area (Å²) in [5.41, 5.74) is 9.70. The number of benzene rings is 1. The first-order chi connectivity index (χ1) is 9.10. The van der Waals surface area contributed by atoms with Crippen molar-refractivity contribution in [3.63, 3.8) is 0 Å². The normalized spacial score (nSPS) is 20.5. The number of nitrogens with zero attached hydrogens (tertiary/aromatic N) is 2. The van der Waals surface area contributed by atoms with Crippen LogP contribution in [0.25, 0.3) is 16.9 Å². The number of nitrogens with two attached hydrogens (primary N) is 1. The third-order valence-corrected chi connectivity index (χ3v) is 3.81. The summed E-state index contributed by atoms with van der Waals surface area (Å²) in [6.45, 7) is 1.95. The average molecular weight is 252 g/mol. The smallest absolute Gasteiger partial charge is 0.292 e. The zero-order valence-corrected chi connectivity index (χ0v) is 10.3. The highest BCUT2D eigenvalue weighted by atomic mass is 16.1. The highest BCUT2D eigenvalue weighted by Gasteiger charge is 2.39. The van der Waals surface area contributed by atoms with Crippen LogP contribution in [0.4, 0.5) is 0 Å². The van der Waals surface area contributed by atoms with Crippen molar-refractivity contribution in [2.45, 2.75) is 12.5 Å². The Labute approximate surface area is 108 Å². The van der Waals surface area contributed by atoms with Crippen molar-refractivity contribution in [2.24, 2.45) is 5.73 Å². The van der Waals surface area contributed by atoms with Crippen LogP contribution >= 0.6 is 0 Å². The van der Waals surface area contributed by atoms with Crippen LogP contribution in [0.2, 0.25) is 0 Å². The maximum Gasteiger partial charge on any atom is 0.292 e. The van der Waals surface area contributed by atoms with Gasteiger partial charge in [-0.1, -0.05) is 24.3 Å². The van der Waals surface area contributed by atoms with Crippen LogP contribution in [0.1, 0.15) is 18.2 Å². The van der Waals surface area contributed by atoms with Gasteiger partial charge in [-0.2, -0.15) is 0 Å². The Balaban J connectivity index is 2.27. The molecule has 5 heteroatoms. The van der Waals surface area contributed by atoms with Crippen LogP contribution in [0.3, 0.4) is 0 Å². The Hall–Kier alpha value is -2.40. The summed E-state index contributed by atoms with van der Waals surface area (Å²) < 4.78 is 1.79. The van der Waals surface area contributed by atoms with Crippen LogP contribution in [0, 0.1) is 0 Å². The van der Waals surface area contributed by atoms with Gasteiger partial charge in [0.2, 0.25) is 5.65 Å². The molecule has 94 valence electrons. The largest absolute Gasteiger partial charge is 0.317 e. The van der Waals surface area contributed by atoms with E-state index in [0.717, 1.165) is 22.5 Å². The van der Waals surface area contributed by atoms with Crippen LogP contribution in [0.5, 0.6) is 0 Å². The fourth-order valence-electron chi connectivity index (χ4n) is 2.99. The summed E-state index contributed by atoms with van der Waals surface area (Å²) in [7, 11) is 0. The van der Waals surface area contributed by atoms with Gasteiger partial charge in [0.1, 0.15) is 0 Å². The van der Waals surface area contributed by atoms with Gasteiger partial charge in [0.05, 0.1) is 16.9 Å². The maximum atomic E-state index is 12.0. The number of imidazole rings is 1. The van der Waals surface area contributed by atoms with Gasteiger partial charge in [0.25, 0.3) is 5.56 Å². The van der Waals surface area contributed by atoms with E-state index < -0.39 is 5.54 Å². The van der Waals surface area contributed by atoms with E-state index in [2.05, 4.69) is 9.97 Å². The molecule has 1 aliphatic rings. The molecule has 1 aliphatic carbocycles. The monoisotopic (exact) mass is 252 g/mol. The van der Waals surface area contributed by atoms with E-state index in [4.69, 9.17) is 5.73 Å². The minimum atomic E-state index is -0.644. The van der Waals surface area contributed by atoms with Gasteiger partial charge in [-0.15, -0.1) is 0 Å². The number of hydrogen-bond donors (Lipinski definition) is 2. The standard InChI is InChI=1S/C14H12N4O/c1-14(15)9-5-3-2-4-8(9)10-11(14)18-7-6-16-12(18)13(19)17-10/h2-7H,15H2,1H3,(H,17,19)/t14-/m1/s1. The molecule has 1 aromatic carbocycles. The van der Waals surface area contributed by atoms with E-state index in [1.54, 1.807) is 16.8 Å². The Bertz CT molecular complexity index is 873. The summed E-state index contributed by atoms with van der Waals surface area (Å²) >= 11 is 0. The molecule has 0 saturated heterocycles. The zero-order chi connectivity index (χ0) is 13.2. The molecule has 0 bridgehead atoms. The Morgan fingerprint density at radius 3 is 3.00 bits per heavy atom. The van der Waals surface area contributed by atoms with E-state index in [0.29, 0.717) is 5.65 Å². The van der Waals surface area contributed by atoms with E-state index in [1.807, 2.05) is 31.2 Å². The number of aromatic amines is 1. The summed E-state index contributed by atoms with van der Waals surface area (Å²) in [6.07, 6.45) is 3.39. The molecular formula is C14H12N4O. The number of aromatic nitrogens is 3. The summed E-state index contributed by atoms with van der Waals surface area (Å²) in [5, 5.41) is 0. The molecule has 2 aromatic heterocycles. The average Bonchev–Trinajstić information content (AvgIpc) is 2.94. The van der Waals surface area contributed by atoms with E-state index in [1.165, 1.54) is 0 Å². The lowest BCUT2D eigenvalue weighted by molar-refractivity contribution is 0.589. The zero-order valence-electron chi connectivity index (χ0n) is 10.3. The van der Waals surface area contributed by atoms with Gasteiger partial charge in [-0.05, 0) is 12.5 Å². The van der Waals surface area contributed by atoms with Crippen LogP contribution in [0.15, 0.2) is 41.5 Å². The van der Waals surface area contributed by atoms with Gasteiger partial charge in [-0.25, -0.2) is 4.98 Å². The molecule has 3 N–H and O–H groups in total. The van der Waals surface area contributed by atoms with Crippen molar-refractivity contribution in [3.05, 3.63) is 58.3 Å². The van der Waals surface area contributed by atoms with Gasteiger partial charge in [0.15, 0.2) is 0 Å². The number of fused-ring (bicyclic) bond motifs is 5. The quantitative estimate of drug-likeness (QED) is 0.631. The first kappa shape index (κ1) is 10.5. The second-order valence-corrected chi connectivity index (χ2v) is 5.05. The second kappa shape index (κ2) is 3.13. The van der Waals surface area contributed by atoms with E-state index in [9.17, 15) is 4.79 Å². The summed E-state index contributed by atoms with van der Waals surface area (Å²) in [4.78, 5) is 19.0. The molecular weight excluding hydrogens is 240 g/mol. The number of H-pyrrole nitrogens is 1. The molecule has 3 aromatic rings. The summed E-state index contributed by atoms with van der Waals surface area (Å²) in [5.74, 6) is 0. The van der Waals surface area contributed by atoms with Crippen molar-refractivity contribution < 1.29 is 0 Å². The van der Waals surface area contributed by atoms with Crippen molar-refractivity contribution in [1.82, 2.24) is 14.4 Å². The van der Waals surface area contributed by atoms with Crippen molar-refractivity contribution in [3.8, 4) is 11.3 Å². The molecule has 1 atom stereocenters. The SMILES string of the molecule is C[C@@]1(N)c2ccccc2-c2[nH]c(=O)c3nccn3c21. The maximum absolute atomic E-state index is 12.0. The van der Waals surface area contributed by atoms with E-state index >= 15 is 0 Å². The fraction of sp³-hybridized carbons (Fsp3) is 0.143. The third kappa shape index (κ3) is 1.13. The molecule has 0 radical (unpaired) electrons. The lowest BCUT2D eigenvalue weighted by atomic mass is 9.94. The molecule has 0 fully saturated rings. The van der Waals surface area contributed by atoms with Crippen molar-refractivity contribution in [1.29, 1.82) is 0 Å². The first-order valence-electron chi connectivity index (χ1n) is 6.09. The Morgan fingerprint density at radius 1 is 1.37 bits per heavy atom. The van der Waals surface area contributed by atoms with E-state index in [-0.39, 0.29) is 5.56 Å². The second-order valence-electron chi connectivity index (χ2n) is 5.05. The third-order valence-electron chi connectivity index (χ3n) is 3.81. The highest BCUT2D eigenvalue weighted by Crippen LogP contribution is 2.43. The molecule has 5 nitrogen and oxygen atoms in total. The van der Waals surface area contributed by atoms with Crippen LogP contribution in [-0.4, -0.2) is 14.4 Å². The Kier molecular flexibility index (Phi) is 1.73. The molecule has 19 heavy (non-hydrogen) atoms. The fourth-order valence-corrected chi connectivity index (χ4v) is 2.99. The van der Waals surface area contributed by atoms with Gasteiger partial charge >= 0.3 is 0 Å². The minimum Gasteiger partial charge on any atom is -0.317 e. The number of rotatable bonds is 0. The lowest BCUT2D eigenvalue weighted by Crippen LogP contribution is -2.34.